The van der Waals surface area contributed by atoms with Gasteiger partial charge in [-0.1, -0.05) is 12.1 Å². The first-order chi connectivity index (χ1) is 9.99. The van der Waals surface area contributed by atoms with Gasteiger partial charge in [0.05, 0.1) is 13.0 Å². The number of nitrogens with zero attached hydrogens (tertiary/aromatic N) is 1. The average Bonchev–Trinajstić information content (AvgIpc) is 2.46. The first-order valence-electron chi connectivity index (χ1n) is 6.42. The number of benzene rings is 1. The molecule has 0 spiro atoms. The van der Waals surface area contributed by atoms with Gasteiger partial charge in [0, 0.05) is 5.57 Å². The molecule has 0 aliphatic carbocycles. The number of nitrogens with two attached hydrogens (primary N) is 1. The molecular formula is C16H16N2O3. The molecule has 0 saturated heterocycles. The Hall–Kier alpha value is -2.74. The van der Waals surface area contributed by atoms with E-state index in [0.717, 1.165) is 5.56 Å². The molecule has 0 aromatic heterocycles. The summed E-state index contributed by atoms with van der Waals surface area (Å²) < 4.78 is 10.5. The van der Waals surface area contributed by atoms with Gasteiger partial charge in [-0.15, -0.1) is 0 Å². The van der Waals surface area contributed by atoms with E-state index in [4.69, 9.17) is 15.2 Å². The standard InChI is InChI=1S/C16H16N2O3/c1-9(19)14-10(2)21-16(18)13(8-17)15(14)11-5-4-6-12(7-11)20-3/h4-7,15H,18H2,1-3H3/t15-/m0/s1. The minimum absolute atomic E-state index is 0.0350. The molecule has 0 fully saturated rings. The molecule has 2 rings (SSSR count). The second kappa shape index (κ2) is 5.71. The predicted molar refractivity (Wildman–Crippen MR) is 77.0 cm³/mol. The maximum absolute atomic E-state index is 12.0. The number of ketones is 1. The van der Waals surface area contributed by atoms with E-state index in [0.29, 0.717) is 17.1 Å². The number of rotatable bonds is 3. The van der Waals surface area contributed by atoms with Crippen LogP contribution in [0.1, 0.15) is 25.3 Å². The summed E-state index contributed by atoms with van der Waals surface area (Å²) in [5.74, 6) is 0.423. The summed E-state index contributed by atoms with van der Waals surface area (Å²) >= 11 is 0. The van der Waals surface area contributed by atoms with Crippen molar-refractivity contribution in [3.8, 4) is 11.8 Å². The van der Waals surface area contributed by atoms with E-state index in [9.17, 15) is 10.1 Å². The first-order valence-corrected chi connectivity index (χ1v) is 6.42. The first kappa shape index (κ1) is 14.7. The van der Waals surface area contributed by atoms with Crippen molar-refractivity contribution in [2.75, 3.05) is 7.11 Å². The lowest BCUT2D eigenvalue weighted by molar-refractivity contribution is -0.114. The van der Waals surface area contributed by atoms with Crippen LogP contribution in [-0.4, -0.2) is 12.9 Å². The fraction of sp³-hybridized carbons (Fsp3) is 0.250. The zero-order valence-electron chi connectivity index (χ0n) is 12.1. The van der Waals surface area contributed by atoms with Gasteiger partial charge >= 0.3 is 0 Å². The van der Waals surface area contributed by atoms with Crippen molar-refractivity contribution in [1.82, 2.24) is 0 Å². The molecule has 0 amide bonds. The van der Waals surface area contributed by atoms with Crippen LogP contribution in [0.3, 0.4) is 0 Å². The molecule has 1 aliphatic heterocycles. The van der Waals surface area contributed by atoms with Crippen molar-refractivity contribution in [2.24, 2.45) is 5.73 Å². The monoisotopic (exact) mass is 284 g/mol. The van der Waals surface area contributed by atoms with Gasteiger partial charge in [-0.2, -0.15) is 5.26 Å². The third kappa shape index (κ3) is 2.61. The minimum Gasteiger partial charge on any atom is -0.497 e. The van der Waals surface area contributed by atoms with E-state index in [1.165, 1.54) is 6.92 Å². The summed E-state index contributed by atoms with van der Waals surface area (Å²) in [5.41, 5.74) is 7.24. The van der Waals surface area contributed by atoms with Crippen molar-refractivity contribution in [3.05, 3.63) is 52.6 Å². The van der Waals surface area contributed by atoms with Gasteiger partial charge in [-0.05, 0) is 31.5 Å². The second-order valence-electron chi connectivity index (χ2n) is 4.73. The maximum Gasteiger partial charge on any atom is 0.205 e. The molecule has 1 atom stereocenters. The van der Waals surface area contributed by atoms with E-state index in [-0.39, 0.29) is 17.2 Å². The number of hydrogen-bond donors (Lipinski definition) is 1. The van der Waals surface area contributed by atoms with E-state index in [1.807, 2.05) is 18.2 Å². The molecule has 1 aliphatic rings. The predicted octanol–water partition coefficient (Wildman–Crippen LogP) is 2.37. The zero-order valence-corrected chi connectivity index (χ0v) is 12.1. The fourth-order valence-electron chi connectivity index (χ4n) is 2.49. The van der Waals surface area contributed by atoms with Crippen molar-refractivity contribution in [1.29, 1.82) is 5.26 Å². The molecule has 0 radical (unpaired) electrons. The molecule has 5 heteroatoms. The number of allylic oxidation sites excluding steroid dienone is 3. The van der Waals surface area contributed by atoms with Crippen LogP contribution in [0.5, 0.6) is 5.75 Å². The summed E-state index contributed by atoms with van der Waals surface area (Å²) in [4.78, 5) is 12.0. The van der Waals surface area contributed by atoms with Crippen LogP contribution in [0, 0.1) is 11.3 Å². The highest BCUT2D eigenvalue weighted by Crippen LogP contribution is 2.40. The van der Waals surface area contributed by atoms with E-state index in [2.05, 4.69) is 0 Å². The van der Waals surface area contributed by atoms with Gasteiger partial charge in [0.1, 0.15) is 23.2 Å². The molecule has 0 unspecified atom stereocenters. The summed E-state index contributed by atoms with van der Waals surface area (Å²) in [5, 5.41) is 9.37. The van der Waals surface area contributed by atoms with Crippen molar-refractivity contribution in [3.63, 3.8) is 0 Å². The topological polar surface area (TPSA) is 85.3 Å². The smallest absolute Gasteiger partial charge is 0.205 e. The molecule has 1 aromatic rings. The number of Topliss-reactive ketones (excluding diaryl/α,β-unsaturated/α-hetero) is 1. The Morgan fingerprint density at radius 3 is 2.76 bits per heavy atom. The summed E-state index contributed by atoms with van der Waals surface area (Å²) in [6.45, 7) is 3.12. The number of methoxy groups -OCH3 is 1. The average molecular weight is 284 g/mol. The van der Waals surface area contributed by atoms with Gasteiger partial charge < -0.3 is 15.2 Å². The Balaban J connectivity index is 2.65. The molecular weight excluding hydrogens is 268 g/mol. The number of carbonyl (C=O) groups excluding carboxylic acids is 1. The van der Waals surface area contributed by atoms with Gasteiger partial charge in [0.2, 0.25) is 5.88 Å². The maximum atomic E-state index is 12.0. The Morgan fingerprint density at radius 1 is 1.48 bits per heavy atom. The van der Waals surface area contributed by atoms with Gasteiger partial charge in [-0.3, -0.25) is 4.79 Å². The normalized spacial score (nSPS) is 18.1. The lowest BCUT2D eigenvalue weighted by Crippen LogP contribution is -2.23. The van der Waals surface area contributed by atoms with E-state index < -0.39 is 5.92 Å². The largest absolute Gasteiger partial charge is 0.497 e. The van der Waals surface area contributed by atoms with Crippen LogP contribution < -0.4 is 10.5 Å². The molecule has 0 bridgehead atoms. The van der Waals surface area contributed by atoms with Crippen molar-refractivity contribution in [2.45, 2.75) is 19.8 Å². The molecule has 108 valence electrons. The van der Waals surface area contributed by atoms with Crippen LogP contribution in [-0.2, 0) is 9.53 Å². The van der Waals surface area contributed by atoms with Crippen molar-refractivity contribution < 1.29 is 14.3 Å². The lowest BCUT2D eigenvalue weighted by Gasteiger charge is -2.26. The Bertz CT molecular complexity index is 696. The number of ether oxygens (including phenoxy) is 2. The van der Waals surface area contributed by atoms with Crippen LogP contribution in [0.15, 0.2) is 47.1 Å². The highest BCUT2D eigenvalue weighted by Gasteiger charge is 2.33. The summed E-state index contributed by atoms with van der Waals surface area (Å²) in [6.07, 6.45) is 0. The third-order valence-electron chi connectivity index (χ3n) is 3.41. The zero-order chi connectivity index (χ0) is 15.6. The quantitative estimate of drug-likeness (QED) is 0.921. The van der Waals surface area contributed by atoms with Crippen LogP contribution in [0.2, 0.25) is 0 Å². The number of nitriles is 1. The fourth-order valence-corrected chi connectivity index (χ4v) is 2.49. The SMILES string of the molecule is COc1cccc([C@H]2C(C#N)=C(N)OC(C)=C2C(C)=O)c1. The Kier molecular flexibility index (Phi) is 3.99. The lowest BCUT2D eigenvalue weighted by atomic mass is 9.81. The van der Waals surface area contributed by atoms with Gasteiger partial charge in [-0.25, -0.2) is 0 Å². The molecule has 0 saturated carbocycles. The third-order valence-corrected chi connectivity index (χ3v) is 3.41. The molecule has 1 aromatic carbocycles. The highest BCUT2D eigenvalue weighted by molar-refractivity contribution is 5.96. The number of carbonyl (C=O) groups is 1. The Morgan fingerprint density at radius 2 is 2.19 bits per heavy atom. The van der Waals surface area contributed by atoms with Gasteiger partial charge in [0.25, 0.3) is 0 Å². The van der Waals surface area contributed by atoms with E-state index >= 15 is 0 Å². The summed E-state index contributed by atoms with van der Waals surface area (Å²) in [7, 11) is 1.56. The summed E-state index contributed by atoms with van der Waals surface area (Å²) in [6, 6.07) is 9.27. The second-order valence-corrected chi connectivity index (χ2v) is 4.73. The van der Waals surface area contributed by atoms with Crippen LogP contribution in [0.25, 0.3) is 0 Å². The van der Waals surface area contributed by atoms with Crippen LogP contribution in [0.4, 0.5) is 0 Å². The van der Waals surface area contributed by atoms with E-state index in [1.54, 1.807) is 26.2 Å². The number of hydrogen-bond acceptors (Lipinski definition) is 5. The molecule has 1 heterocycles. The molecule has 5 nitrogen and oxygen atoms in total. The highest BCUT2D eigenvalue weighted by atomic mass is 16.5. The minimum atomic E-state index is -0.531. The Labute approximate surface area is 123 Å². The molecule has 2 N–H and O–H groups in total. The molecule has 21 heavy (non-hydrogen) atoms. The van der Waals surface area contributed by atoms with Crippen LogP contribution >= 0.6 is 0 Å². The van der Waals surface area contributed by atoms with Gasteiger partial charge in [0.15, 0.2) is 5.78 Å². The van der Waals surface area contributed by atoms with Crippen molar-refractivity contribution >= 4 is 5.78 Å².